The third-order valence-electron chi connectivity index (χ3n) is 2.14. The van der Waals surface area contributed by atoms with Crippen molar-refractivity contribution in [2.75, 3.05) is 12.8 Å². The zero-order valence-corrected chi connectivity index (χ0v) is 10.5. The summed E-state index contributed by atoms with van der Waals surface area (Å²) in [6.45, 7) is 0. The first-order valence-corrected chi connectivity index (χ1v) is 5.94. The van der Waals surface area contributed by atoms with Gasteiger partial charge in [-0.3, -0.25) is 4.98 Å². The maximum absolute atomic E-state index is 11.6. The Morgan fingerprint density at radius 3 is 2.78 bits per heavy atom. The second-order valence-corrected chi connectivity index (χ2v) is 4.46. The van der Waals surface area contributed by atoms with Gasteiger partial charge in [0.2, 0.25) is 0 Å². The highest BCUT2D eigenvalue weighted by Gasteiger charge is 2.14. The number of nitrogens with zero attached hydrogens (tertiary/aromatic N) is 2. The number of esters is 1. The van der Waals surface area contributed by atoms with Crippen LogP contribution in [0, 0.1) is 0 Å². The van der Waals surface area contributed by atoms with Crippen LogP contribution < -0.4 is 5.73 Å². The summed E-state index contributed by atoms with van der Waals surface area (Å²) in [5.41, 5.74) is 6.41. The molecule has 0 bridgehead atoms. The minimum absolute atomic E-state index is 0.360. The molecule has 0 saturated carbocycles. The normalized spacial score (nSPS) is 10.1. The molecule has 0 atom stereocenters. The second-order valence-electron chi connectivity index (χ2n) is 3.40. The molecule has 0 amide bonds. The van der Waals surface area contributed by atoms with Crippen LogP contribution in [-0.2, 0) is 4.74 Å². The van der Waals surface area contributed by atoms with E-state index in [1.54, 1.807) is 18.5 Å². The fourth-order valence-corrected chi connectivity index (χ4v) is 2.16. The molecule has 0 unspecified atom stereocenters. The number of methoxy groups -OCH3 is 1. The van der Waals surface area contributed by atoms with Gasteiger partial charge in [0.1, 0.15) is 5.03 Å². The van der Waals surface area contributed by atoms with Crippen LogP contribution in [0.2, 0.25) is 0 Å². The molecule has 0 radical (unpaired) electrons. The minimum atomic E-state index is -0.452. The maximum atomic E-state index is 11.6. The zero-order valence-electron chi connectivity index (χ0n) is 9.66. The molecule has 92 valence electrons. The average molecular weight is 261 g/mol. The number of carbonyl (C=O) groups is 1. The van der Waals surface area contributed by atoms with Crippen molar-refractivity contribution in [2.24, 2.45) is 0 Å². The molecular formula is C12H11N3O2S. The van der Waals surface area contributed by atoms with E-state index in [0.717, 1.165) is 4.90 Å². The number of anilines is 1. The lowest BCUT2D eigenvalue weighted by molar-refractivity contribution is 0.0596. The van der Waals surface area contributed by atoms with Crippen molar-refractivity contribution >= 4 is 23.4 Å². The van der Waals surface area contributed by atoms with E-state index in [1.807, 2.05) is 12.1 Å². The monoisotopic (exact) mass is 261 g/mol. The summed E-state index contributed by atoms with van der Waals surface area (Å²) in [5, 5.41) is 0.558. The van der Waals surface area contributed by atoms with Gasteiger partial charge < -0.3 is 10.5 Å². The number of rotatable bonds is 3. The van der Waals surface area contributed by atoms with Crippen molar-refractivity contribution in [3.63, 3.8) is 0 Å². The van der Waals surface area contributed by atoms with E-state index in [4.69, 9.17) is 10.5 Å². The number of hydrogen-bond donors (Lipinski definition) is 1. The van der Waals surface area contributed by atoms with Crippen LogP contribution in [0.1, 0.15) is 10.4 Å². The molecule has 2 N–H and O–H groups in total. The summed E-state index contributed by atoms with van der Waals surface area (Å²) in [6.07, 6.45) is 4.87. The minimum Gasteiger partial charge on any atom is -0.465 e. The molecule has 0 aliphatic carbocycles. The molecule has 0 aliphatic heterocycles. The summed E-state index contributed by atoms with van der Waals surface area (Å²) in [7, 11) is 1.33. The molecular weight excluding hydrogens is 250 g/mol. The van der Waals surface area contributed by atoms with Gasteiger partial charge >= 0.3 is 5.97 Å². The lowest BCUT2D eigenvalue weighted by atomic mass is 10.3. The van der Waals surface area contributed by atoms with Gasteiger partial charge in [0, 0.05) is 17.3 Å². The fraction of sp³-hybridized carbons (Fsp3) is 0.0833. The number of hydrogen-bond acceptors (Lipinski definition) is 6. The van der Waals surface area contributed by atoms with E-state index < -0.39 is 5.97 Å². The van der Waals surface area contributed by atoms with Crippen LogP contribution in [0.4, 0.5) is 5.69 Å². The Kier molecular flexibility index (Phi) is 3.78. The Balaban J connectivity index is 2.35. The lowest BCUT2D eigenvalue weighted by Crippen LogP contribution is -2.05. The van der Waals surface area contributed by atoms with Crippen molar-refractivity contribution in [2.45, 2.75) is 9.92 Å². The van der Waals surface area contributed by atoms with Crippen LogP contribution in [0.15, 0.2) is 46.7 Å². The van der Waals surface area contributed by atoms with E-state index in [9.17, 15) is 4.79 Å². The summed E-state index contributed by atoms with van der Waals surface area (Å²) in [5.74, 6) is -0.452. The highest BCUT2D eigenvalue weighted by molar-refractivity contribution is 7.99. The van der Waals surface area contributed by atoms with Crippen molar-refractivity contribution in [3.8, 4) is 0 Å². The topological polar surface area (TPSA) is 78.1 Å². The first-order valence-electron chi connectivity index (χ1n) is 5.12. The molecule has 18 heavy (non-hydrogen) atoms. The molecule has 2 heterocycles. The van der Waals surface area contributed by atoms with Crippen LogP contribution in [-0.4, -0.2) is 23.0 Å². The average Bonchev–Trinajstić information content (AvgIpc) is 2.41. The standard InChI is InChI=1S/C12H11N3O2S/c1-17-12(16)10-6-8(13)7-15-11(10)18-9-2-4-14-5-3-9/h2-7H,13H2,1H3. The Morgan fingerprint density at radius 1 is 1.39 bits per heavy atom. The SMILES string of the molecule is COC(=O)c1cc(N)cnc1Sc1ccncc1. The van der Waals surface area contributed by atoms with Crippen LogP contribution in [0.5, 0.6) is 0 Å². The number of nitrogens with two attached hydrogens (primary N) is 1. The molecule has 2 aromatic rings. The van der Waals surface area contributed by atoms with Crippen molar-refractivity contribution < 1.29 is 9.53 Å². The Hall–Kier alpha value is -2.08. The zero-order chi connectivity index (χ0) is 13.0. The molecule has 2 rings (SSSR count). The Labute approximate surface area is 108 Å². The van der Waals surface area contributed by atoms with E-state index in [-0.39, 0.29) is 0 Å². The first kappa shape index (κ1) is 12.4. The van der Waals surface area contributed by atoms with E-state index >= 15 is 0 Å². The number of ether oxygens (including phenoxy) is 1. The predicted octanol–water partition coefficient (Wildman–Crippen LogP) is 2.00. The van der Waals surface area contributed by atoms with Crippen molar-refractivity contribution in [3.05, 3.63) is 42.4 Å². The van der Waals surface area contributed by atoms with Gasteiger partial charge in [-0.1, -0.05) is 11.8 Å². The quantitative estimate of drug-likeness (QED) is 0.851. The number of pyridine rings is 2. The van der Waals surface area contributed by atoms with Crippen LogP contribution in [0.25, 0.3) is 0 Å². The van der Waals surface area contributed by atoms with Gasteiger partial charge in [-0.2, -0.15) is 0 Å². The van der Waals surface area contributed by atoms with Gasteiger partial charge in [-0.15, -0.1) is 0 Å². The Morgan fingerprint density at radius 2 is 2.11 bits per heavy atom. The number of carbonyl (C=O) groups excluding carboxylic acids is 1. The Bertz CT molecular complexity index is 561. The first-order chi connectivity index (χ1) is 8.70. The molecule has 2 aromatic heterocycles. The summed E-state index contributed by atoms with van der Waals surface area (Å²) < 4.78 is 4.71. The van der Waals surface area contributed by atoms with Crippen LogP contribution >= 0.6 is 11.8 Å². The van der Waals surface area contributed by atoms with Crippen LogP contribution in [0.3, 0.4) is 0 Å². The van der Waals surface area contributed by atoms with Gasteiger partial charge in [0.05, 0.1) is 24.6 Å². The van der Waals surface area contributed by atoms with Gasteiger partial charge in [-0.05, 0) is 18.2 Å². The third-order valence-corrected chi connectivity index (χ3v) is 3.17. The molecule has 0 aliphatic rings. The molecule has 6 heteroatoms. The van der Waals surface area contributed by atoms with Crippen molar-refractivity contribution in [1.29, 1.82) is 0 Å². The predicted molar refractivity (Wildman–Crippen MR) is 68.3 cm³/mol. The van der Waals surface area contributed by atoms with Crippen molar-refractivity contribution in [1.82, 2.24) is 9.97 Å². The number of aromatic nitrogens is 2. The largest absolute Gasteiger partial charge is 0.465 e. The lowest BCUT2D eigenvalue weighted by Gasteiger charge is -2.07. The van der Waals surface area contributed by atoms with E-state index in [1.165, 1.54) is 25.1 Å². The van der Waals surface area contributed by atoms with Gasteiger partial charge in [0.15, 0.2) is 0 Å². The molecule has 0 spiro atoms. The summed E-state index contributed by atoms with van der Waals surface area (Å²) in [6, 6.07) is 5.23. The highest BCUT2D eigenvalue weighted by Crippen LogP contribution is 2.29. The fourth-order valence-electron chi connectivity index (χ4n) is 1.32. The van der Waals surface area contributed by atoms with E-state index in [0.29, 0.717) is 16.3 Å². The molecule has 0 aromatic carbocycles. The summed E-state index contributed by atoms with van der Waals surface area (Å²) >= 11 is 1.36. The molecule has 0 fully saturated rings. The smallest absolute Gasteiger partial charge is 0.340 e. The molecule has 5 nitrogen and oxygen atoms in total. The highest BCUT2D eigenvalue weighted by atomic mass is 32.2. The summed E-state index contributed by atoms with van der Waals surface area (Å²) in [4.78, 5) is 20.7. The number of nitrogen functional groups attached to an aromatic ring is 1. The third kappa shape index (κ3) is 2.78. The van der Waals surface area contributed by atoms with Gasteiger partial charge in [0.25, 0.3) is 0 Å². The molecule has 0 saturated heterocycles. The maximum Gasteiger partial charge on any atom is 0.340 e. The van der Waals surface area contributed by atoms with E-state index in [2.05, 4.69) is 9.97 Å². The second kappa shape index (κ2) is 5.50. The van der Waals surface area contributed by atoms with Gasteiger partial charge in [-0.25, -0.2) is 9.78 Å².